The number of alkyl halides is 2. The second kappa shape index (κ2) is 9.38. The van der Waals surface area contributed by atoms with Gasteiger partial charge < -0.3 is 10.1 Å². The van der Waals surface area contributed by atoms with Gasteiger partial charge in [0.05, 0.1) is 14.1 Å². The van der Waals surface area contributed by atoms with Crippen LogP contribution in [0.5, 0.6) is 5.75 Å². The molecule has 1 N–H and O–H groups in total. The number of hydrogen-bond donors (Lipinski definition) is 1. The number of thioether (sulfide) groups is 1. The second-order valence-electron chi connectivity index (χ2n) is 5.64. The maximum atomic E-state index is 12.4. The first kappa shape index (κ1) is 21.3. The number of nitrogens with zero attached hydrogens (tertiary/aromatic N) is 1. The minimum atomic E-state index is -2.92. The number of rotatable bonds is 7. The van der Waals surface area contributed by atoms with E-state index >= 15 is 0 Å². The van der Waals surface area contributed by atoms with Gasteiger partial charge in [0.1, 0.15) is 5.75 Å². The molecule has 0 aliphatic carbocycles. The third kappa shape index (κ3) is 5.55. The number of imide groups is 1. The van der Waals surface area contributed by atoms with Crippen molar-refractivity contribution in [2.45, 2.75) is 6.61 Å². The van der Waals surface area contributed by atoms with Crippen molar-refractivity contribution in [3.63, 3.8) is 0 Å². The zero-order valence-corrected chi connectivity index (χ0v) is 17.0. The molecule has 0 atom stereocenters. The quantitative estimate of drug-likeness (QED) is 0.619. The molecule has 0 unspecified atom stereocenters. The fraction of sp³-hybridized carbons (Fsp3) is 0.167. The van der Waals surface area contributed by atoms with E-state index in [2.05, 4.69) is 10.1 Å². The molecular weight excluding hydrogens is 446 g/mol. The van der Waals surface area contributed by atoms with Crippen molar-refractivity contribution in [2.75, 3.05) is 13.1 Å². The molecule has 3 amide bonds. The first-order chi connectivity index (χ1) is 13.8. The maximum Gasteiger partial charge on any atom is 0.387 e. The van der Waals surface area contributed by atoms with Crippen molar-refractivity contribution in [2.24, 2.45) is 0 Å². The molecule has 152 valence electrons. The molecule has 6 nitrogen and oxygen atoms in total. The zero-order valence-electron chi connectivity index (χ0n) is 14.6. The van der Waals surface area contributed by atoms with E-state index in [1.54, 1.807) is 12.1 Å². The fourth-order valence-electron chi connectivity index (χ4n) is 2.39. The van der Waals surface area contributed by atoms with Gasteiger partial charge in [0.15, 0.2) is 0 Å². The van der Waals surface area contributed by atoms with Crippen molar-refractivity contribution in [1.29, 1.82) is 0 Å². The zero-order chi connectivity index (χ0) is 21.0. The minimum absolute atomic E-state index is 0.00646. The predicted molar refractivity (Wildman–Crippen MR) is 107 cm³/mol. The number of amides is 3. The van der Waals surface area contributed by atoms with Crippen molar-refractivity contribution in [1.82, 2.24) is 10.2 Å². The lowest BCUT2D eigenvalue weighted by Crippen LogP contribution is -2.37. The van der Waals surface area contributed by atoms with Crippen LogP contribution in [0.1, 0.15) is 15.2 Å². The highest BCUT2D eigenvalue weighted by atomic mass is 35.5. The summed E-state index contributed by atoms with van der Waals surface area (Å²) in [5.74, 6) is -0.829. The summed E-state index contributed by atoms with van der Waals surface area (Å²) in [5, 5.41) is 2.18. The van der Waals surface area contributed by atoms with Crippen LogP contribution in [-0.4, -0.2) is 41.7 Å². The molecular formula is C18H13ClF2N2O4S2. The van der Waals surface area contributed by atoms with Crippen LogP contribution < -0.4 is 10.1 Å². The molecule has 1 aliphatic rings. The number of benzene rings is 1. The Morgan fingerprint density at radius 2 is 1.93 bits per heavy atom. The molecule has 1 fully saturated rings. The normalized spacial score (nSPS) is 15.4. The molecule has 0 radical (unpaired) electrons. The lowest BCUT2D eigenvalue weighted by Gasteiger charge is -2.12. The number of thiophene rings is 1. The van der Waals surface area contributed by atoms with Gasteiger partial charge in [-0.2, -0.15) is 8.78 Å². The lowest BCUT2D eigenvalue weighted by atomic mass is 10.2. The Morgan fingerprint density at radius 1 is 1.21 bits per heavy atom. The Hall–Kier alpha value is -2.43. The third-order valence-electron chi connectivity index (χ3n) is 3.69. The summed E-state index contributed by atoms with van der Waals surface area (Å²) in [6.45, 7) is -2.80. The van der Waals surface area contributed by atoms with Gasteiger partial charge in [-0.1, -0.05) is 23.7 Å². The SMILES string of the molecule is O=C(NCCN1C(=O)S/C(=C\c2ccc(OC(F)F)cc2)C1=O)c1ccc(Cl)s1. The van der Waals surface area contributed by atoms with E-state index in [1.165, 1.54) is 30.3 Å². The van der Waals surface area contributed by atoms with E-state index in [0.717, 1.165) is 28.0 Å². The Bertz CT molecular complexity index is 963. The summed E-state index contributed by atoms with van der Waals surface area (Å²) in [5.41, 5.74) is 0.556. The van der Waals surface area contributed by atoms with Crippen LogP contribution in [0.2, 0.25) is 4.34 Å². The number of carbonyl (C=O) groups excluding carboxylic acids is 3. The molecule has 1 aliphatic heterocycles. The van der Waals surface area contributed by atoms with Gasteiger partial charge in [0.25, 0.3) is 17.1 Å². The van der Waals surface area contributed by atoms with Crippen molar-refractivity contribution < 1.29 is 27.9 Å². The molecule has 3 rings (SSSR count). The highest BCUT2D eigenvalue weighted by Gasteiger charge is 2.34. The second-order valence-corrected chi connectivity index (χ2v) is 8.35. The first-order valence-electron chi connectivity index (χ1n) is 8.17. The number of carbonyl (C=O) groups is 3. The summed E-state index contributed by atoms with van der Waals surface area (Å²) < 4.78 is 29.1. The number of hydrogen-bond acceptors (Lipinski definition) is 6. The molecule has 0 saturated carbocycles. The van der Waals surface area contributed by atoms with Crippen LogP contribution in [0.4, 0.5) is 13.6 Å². The van der Waals surface area contributed by atoms with Crippen molar-refractivity contribution in [3.05, 3.63) is 56.1 Å². The number of ether oxygens (including phenoxy) is 1. The standard InChI is InChI=1S/C18H13ClF2N2O4S2/c19-14-6-5-12(28-14)15(24)22-7-8-23-16(25)13(29-18(23)26)9-10-1-3-11(4-2-10)27-17(20)21/h1-6,9,17H,7-8H2,(H,22,24)/b13-9-. The maximum absolute atomic E-state index is 12.4. The molecule has 0 bridgehead atoms. The molecule has 2 aromatic rings. The molecule has 29 heavy (non-hydrogen) atoms. The largest absolute Gasteiger partial charge is 0.435 e. The van der Waals surface area contributed by atoms with Gasteiger partial charge in [-0.15, -0.1) is 11.3 Å². The Morgan fingerprint density at radius 3 is 2.55 bits per heavy atom. The van der Waals surface area contributed by atoms with Gasteiger partial charge in [-0.3, -0.25) is 19.3 Å². The van der Waals surface area contributed by atoms with E-state index in [0.29, 0.717) is 14.8 Å². The topological polar surface area (TPSA) is 75.7 Å². The summed E-state index contributed by atoms with van der Waals surface area (Å²) in [4.78, 5) is 38.2. The van der Waals surface area contributed by atoms with Gasteiger partial charge in [-0.05, 0) is 47.7 Å². The molecule has 11 heteroatoms. The first-order valence-corrected chi connectivity index (χ1v) is 10.2. The monoisotopic (exact) mass is 458 g/mol. The van der Waals surface area contributed by atoms with Crippen LogP contribution in [-0.2, 0) is 4.79 Å². The van der Waals surface area contributed by atoms with Crippen LogP contribution in [0.25, 0.3) is 6.08 Å². The van der Waals surface area contributed by atoms with Crippen LogP contribution >= 0.6 is 34.7 Å². The highest BCUT2D eigenvalue weighted by Crippen LogP contribution is 2.32. The molecule has 0 spiro atoms. The van der Waals surface area contributed by atoms with Crippen molar-refractivity contribution in [3.8, 4) is 5.75 Å². The van der Waals surface area contributed by atoms with Crippen LogP contribution in [0.15, 0.2) is 41.3 Å². The fourth-order valence-corrected chi connectivity index (χ4v) is 4.22. The smallest absolute Gasteiger partial charge is 0.387 e. The molecule has 1 aromatic carbocycles. The summed E-state index contributed by atoms with van der Waals surface area (Å²) in [7, 11) is 0. The number of halogens is 3. The summed E-state index contributed by atoms with van der Waals surface area (Å²) in [6.07, 6.45) is 1.49. The van der Waals surface area contributed by atoms with Gasteiger partial charge in [0, 0.05) is 13.1 Å². The van der Waals surface area contributed by atoms with Crippen molar-refractivity contribution >= 4 is 57.8 Å². The van der Waals surface area contributed by atoms with E-state index < -0.39 is 17.8 Å². The Labute approximate surface area is 177 Å². The summed E-state index contributed by atoms with van der Waals surface area (Å²) >= 11 is 7.68. The number of nitrogens with one attached hydrogen (secondary N) is 1. The van der Waals surface area contributed by atoms with Gasteiger partial charge in [-0.25, -0.2) is 0 Å². The molecule has 1 aromatic heterocycles. The van der Waals surface area contributed by atoms with E-state index in [-0.39, 0.29) is 29.7 Å². The predicted octanol–water partition coefficient (Wildman–Crippen LogP) is 4.47. The van der Waals surface area contributed by atoms with E-state index in [9.17, 15) is 23.2 Å². The average molecular weight is 459 g/mol. The van der Waals surface area contributed by atoms with E-state index in [1.807, 2.05) is 0 Å². The highest BCUT2D eigenvalue weighted by molar-refractivity contribution is 8.18. The Kier molecular flexibility index (Phi) is 6.88. The molecule has 1 saturated heterocycles. The molecule has 2 heterocycles. The van der Waals surface area contributed by atoms with E-state index in [4.69, 9.17) is 11.6 Å². The summed E-state index contributed by atoms with van der Waals surface area (Å²) in [6, 6.07) is 8.87. The van der Waals surface area contributed by atoms with Gasteiger partial charge in [0.2, 0.25) is 0 Å². The third-order valence-corrected chi connectivity index (χ3v) is 5.83. The Balaban J connectivity index is 1.57. The minimum Gasteiger partial charge on any atom is -0.435 e. The van der Waals surface area contributed by atoms with Crippen LogP contribution in [0, 0.1) is 0 Å². The van der Waals surface area contributed by atoms with Gasteiger partial charge >= 0.3 is 6.61 Å². The average Bonchev–Trinajstić information content (AvgIpc) is 3.21. The lowest BCUT2D eigenvalue weighted by molar-refractivity contribution is -0.122. The van der Waals surface area contributed by atoms with Crippen LogP contribution in [0.3, 0.4) is 0 Å².